The number of amides is 2. The highest BCUT2D eigenvalue weighted by Crippen LogP contribution is 2.26. The summed E-state index contributed by atoms with van der Waals surface area (Å²) in [5, 5.41) is 25.7. The Bertz CT molecular complexity index is 1340. The Morgan fingerprint density at radius 1 is 1.00 bits per heavy atom. The summed E-state index contributed by atoms with van der Waals surface area (Å²) >= 11 is 1.58. The van der Waals surface area contributed by atoms with Gasteiger partial charge in [-0.3, -0.25) is 14.7 Å². The molecule has 1 aromatic heterocycles. The molecule has 0 unspecified atom stereocenters. The second-order valence-electron chi connectivity index (χ2n) is 7.96. The number of aromatic nitrogens is 3. The van der Waals surface area contributed by atoms with Gasteiger partial charge in [-0.2, -0.15) is 0 Å². The smallest absolute Gasteiger partial charge is 0.319 e. The van der Waals surface area contributed by atoms with Crippen LogP contribution in [0.15, 0.2) is 78.0 Å². The summed E-state index contributed by atoms with van der Waals surface area (Å²) < 4.78 is 1.94. The normalized spacial score (nSPS) is 10.7. The number of aryl methyl sites for hydroxylation is 2. The van der Waals surface area contributed by atoms with Gasteiger partial charge in [0.05, 0.1) is 11.5 Å². The average molecular weight is 489 g/mol. The van der Waals surface area contributed by atoms with Gasteiger partial charge in [0.25, 0.3) is 5.69 Å². The molecule has 0 fully saturated rings. The van der Waals surface area contributed by atoms with Crippen molar-refractivity contribution in [3.05, 3.63) is 105 Å². The fourth-order valence-corrected chi connectivity index (χ4v) is 4.33. The Hall–Kier alpha value is -4.18. The summed E-state index contributed by atoms with van der Waals surface area (Å²) in [5.74, 6) is 1.32. The Labute approximate surface area is 206 Å². The van der Waals surface area contributed by atoms with Crippen LogP contribution in [0.5, 0.6) is 0 Å². The fourth-order valence-electron chi connectivity index (χ4n) is 3.41. The van der Waals surface area contributed by atoms with E-state index < -0.39 is 11.0 Å². The van der Waals surface area contributed by atoms with Crippen LogP contribution in [-0.4, -0.2) is 25.7 Å². The lowest BCUT2D eigenvalue weighted by molar-refractivity contribution is -0.384. The SMILES string of the molecule is Cc1ccc(-n2c(CNC(=O)Nc3ccc([N+](=O)[O-])cc3)nnc2SCc2cccc(C)c2)cc1. The van der Waals surface area contributed by atoms with E-state index in [0.717, 1.165) is 22.2 Å². The first-order valence-corrected chi connectivity index (χ1v) is 11.9. The molecule has 9 nitrogen and oxygen atoms in total. The van der Waals surface area contributed by atoms with E-state index in [-0.39, 0.29) is 12.2 Å². The van der Waals surface area contributed by atoms with Crippen molar-refractivity contribution in [2.24, 2.45) is 0 Å². The van der Waals surface area contributed by atoms with E-state index in [2.05, 4.69) is 46.0 Å². The molecule has 3 aromatic carbocycles. The maximum atomic E-state index is 12.4. The summed E-state index contributed by atoms with van der Waals surface area (Å²) in [7, 11) is 0. The topological polar surface area (TPSA) is 115 Å². The first-order chi connectivity index (χ1) is 16.9. The summed E-state index contributed by atoms with van der Waals surface area (Å²) in [5.41, 5.74) is 4.83. The van der Waals surface area contributed by atoms with Crippen molar-refractivity contribution in [3.63, 3.8) is 0 Å². The molecule has 2 amide bonds. The van der Waals surface area contributed by atoms with E-state index in [1.807, 2.05) is 41.8 Å². The van der Waals surface area contributed by atoms with Crippen molar-refractivity contribution in [1.29, 1.82) is 0 Å². The molecule has 1 heterocycles. The third-order valence-corrected chi connectivity index (χ3v) is 6.19. The molecule has 0 aliphatic rings. The third kappa shape index (κ3) is 6.24. The molecule has 0 saturated carbocycles. The van der Waals surface area contributed by atoms with Crippen molar-refractivity contribution in [2.45, 2.75) is 31.3 Å². The predicted molar refractivity (Wildman–Crippen MR) is 136 cm³/mol. The number of nitro benzene ring substituents is 1. The van der Waals surface area contributed by atoms with Crippen LogP contribution in [-0.2, 0) is 12.3 Å². The first-order valence-electron chi connectivity index (χ1n) is 10.9. The quantitative estimate of drug-likeness (QED) is 0.195. The first kappa shape index (κ1) is 24.0. The fraction of sp³-hybridized carbons (Fsp3) is 0.160. The van der Waals surface area contributed by atoms with E-state index in [1.54, 1.807) is 11.8 Å². The van der Waals surface area contributed by atoms with E-state index in [4.69, 9.17) is 0 Å². The molecule has 0 aliphatic carbocycles. The van der Waals surface area contributed by atoms with Gasteiger partial charge in [-0.05, 0) is 43.7 Å². The van der Waals surface area contributed by atoms with Crippen molar-refractivity contribution in [1.82, 2.24) is 20.1 Å². The molecule has 0 saturated heterocycles. The van der Waals surface area contributed by atoms with E-state index >= 15 is 0 Å². The molecule has 2 N–H and O–H groups in total. The number of nitro groups is 1. The van der Waals surface area contributed by atoms with Gasteiger partial charge in [0, 0.05) is 29.3 Å². The van der Waals surface area contributed by atoms with Crippen LogP contribution in [0.25, 0.3) is 5.69 Å². The van der Waals surface area contributed by atoms with Crippen molar-refractivity contribution in [2.75, 3.05) is 5.32 Å². The molecule has 35 heavy (non-hydrogen) atoms. The lowest BCUT2D eigenvalue weighted by Crippen LogP contribution is -2.29. The van der Waals surface area contributed by atoms with Gasteiger partial charge in [0.15, 0.2) is 11.0 Å². The number of hydrogen-bond donors (Lipinski definition) is 2. The number of nitrogens with zero attached hydrogens (tertiary/aromatic N) is 4. The summed E-state index contributed by atoms with van der Waals surface area (Å²) in [6.07, 6.45) is 0. The summed E-state index contributed by atoms with van der Waals surface area (Å²) in [6, 6.07) is 21.5. The van der Waals surface area contributed by atoms with Gasteiger partial charge in [-0.1, -0.05) is 59.3 Å². The number of hydrogen-bond acceptors (Lipinski definition) is 6. The number of urea groups is 1. The van der Waals surface area contributed by atoms with Gasteiger partial charge < -0.3 is 10.6 Å². The molecule has 0 bridgehead atoms. The van der Waals surface area contributed by atoms with Crippen LogP contribution in [0.1, 0.15) is 22.5 Å². The molecule has 4 aromatic rings. The molecule has 4 rings (SSSR count). The number of benzene rings is 3. The number of nitrogens with one attached hydrogen (secondary N) is 2. The predicted octanol–water partition coefficient (Wildman–Crippen LogP) is 5.41. The van der Waals surface area contributed by atoms with Crippen molar-refractivity contribution < 1.29 is 9.72 Å². The highest BCUT2D eigenvalue weighted by atomic mass is 32.2. The Kier molecular flexibility index (Phi) is 7.41. The number of thioether (sulfide) groups is 1. The van der Waals surface area contributed by atoms with Gasteiger partial charge in [-0.25, -0.2) is 4.79 Å². The van der Waals surface area contributed by atoms with Gasteiger partial charge in [-0.15, -0.1) is 10.2 Å². The van der Waals surface area contributed by atoms with Gasteiger partial charge >= 0.3 is 6.03 Å². The van der Waals surface area contributed by atoms with Gasteiger partial charge in [0.1, 0.15) is 0 Å². The van der Waals surface area contributed by atoms with Crippen LogP contribution in [0.3, 0.4) is 0 Å². The molecule has 0 radical (unpaired) electrons. The van der Waals surface area contributed by atoms with Crippen molar-refractivity contribution >= 4 is 29.2 Å². The van der Waals surface area contributed by atoms with Crippen LogP contribution in [0.4, 0.5) is 16.2 Å². The van der Waals surface area contributed by atoms with Crippen LogP contribution in [0.2, 0.25) is 0 Å². The zero-order chi connectivity index (χ0) is 24.8. The maximum absolute atomic E-state index is 12.4. The van der Waals surface area contributed by atoms with E-state index in [0.29, 0.717) is 11.5 Å². The monoisotopic (exact) mass is 488 g/mol. The second kappa shape index (κ2) is 10.8. The zero-order valence-corrected chi connectivity index (χ0v) is 20.1. The number of rotatable bonds is 8. The Balaban J connectivity index is 1.48. The lowest BCUT2D eigenvalue weighted by Gasteiger charge is -2.12. The molecule has 0 spiro atoms. The molecule has 0 atom stereocenters. The number of non-ortho nitro benzene ring substituents is 1. The van der Waals surface area contributed by atoms with Crippen molar-refractivity contribution in [3.8, 4) is 5.69 Å². The average Bonchev–Trinajstić information content (AvgIpc) is 3.25. The standard InChI is InChI=1S/C25H24N6O3S/c1-17-6-10-21(11-7-17)30-23(28-29-25(30)35-16-19-5-3-4-18(2)14-19)15-26-24(32)27-20-8-12-22(13-9-20)31(33)34/h3-14H,15-16H2,1-2H3,(H2,26,27,32). The summed E-state index contributed by atoms with van der Waals surface area (Å²) in [6.45, 7) is 4.23. The van der Waals surface area contributed by atoms with Crippen LogP contribution in [0, 0.1) is 24.0 Å². The second-order valence-corrected chi connectivity index (χ2v) is 8.90. The minimum absolute atomic E-state index is 0.0437. The third-order valence-electron chi connectivity index (χ3n) is 5.19. The highest BCUT2D eigenvalue weighted by molar-refractivity contribution is 7.98. The zero-order valence-electron chi connectivity index (χ0n) is 19.3. The number of carbonyl (C=O) groups excluding carboxylic acids is 1. The van der Waals surface area contributed by atoms with Crippen LogP contribution < -0.4 is 10.6 Å². The largest absolute Gasteiger partial charge is 0.331 e. The maximum Gasteiger partial charge on any atom is 0.319 e. The van der Waals surface area contributed by atoms with E-state index in [9.17, 15) is 14.9 Å². The highest BCUT2D eigenvalue weighted by Gasteiger charge is 2.16. The Morgan fingerprint density at radius 3 is 2.43 bits per heavy atom. The van der Waals surface area contributed by atoms with Gasteiger partial charge in [0.2, 0.25) is 0 Å². The molecule has 178 valence electrons. The Morgan fingerprint density at radius 2 is 1.74 bits per heavy atom. The minimum atomic E-state index is -0.490. The van der Waals surface area contributed by atoms with Crippen LogP contribution >= 0.6 is 11.8 Å². The lowest BCUT2D eigenvalue weighted by atomic mass is 10.2. The van der Waals surface area contributed by atoms with E-state index in [1.165, 1.54) is 35.4 Å². The molecule has 0 aliphatic heterocycles. The number of carbonyl (C=O) groups is 1. The molecule has 10 heteroatoms. The number of anilines is 1. The molecular formula is C25H24N6O3S. The molecular weight excluding hydrogens is 464 g/mol. The minimum Gasteiger partial charge on any atom is -0.331 e. The summed E-state index contributed by atoms with van der Waals surface area (Å²) in [4.78, 5) is 22.7.